The second-order valence-electron chi connectivity index (χ2n) is 5.46. The van der Waals surface area contributed by atoms with Gasteiger partial charge in [-0.05, 0) is 42.8 Å². The quantitative estimate of drug-likeness (QED) is 0.681. The van der Waals surface area contributed by atoms with Crippen LogP contribution in [0.4, 0.5) is 5.13 Å². The minimum absolute atomic E-state index is 0.242. The van der Waals surface area contributed by atoms with Gasteiger partial charge in [0.25, 0.3) is 5.91 Å². The SMILES string of the molecule is CC[C@H](Oc1ccccc1)C(=O)Nc1nnc(-c2ccc(OC)cc2)s1. The van der Waals surface area contributed by atoms with Crippen LogP contribution >= 0.6 is 11.3 Å². The molecule has 6 nitrogen and oxygen atoms in total. The molecule has 7 heteroatoms. The highest BCUT2D eigenvalue weighted by Crippen LogP contribution is 2.28. The maximum Gasteiger partial charge on any atom is 0.267 e. The number of rotatable bonds is 7. The molecule has 1 atom stereocenters. The fourth-order valence-corrected chi connectivity index (χ4v) is 3.05. The first-order valence-electron chi connectivity index (χ1n) is 8.20. The predicted molar refractivity (Wildman–Crippen MR) is 102 cm³/mol. The lowest BCUT2D eigenvalue weighted by molar-refractivity contribution is -0.122. The van der Waals surface area contributed by atoms with Crippen molar-refractivity contribution >= 4 is 22.4 Å². The van der Waals surface area contributed by atoms with E-state index in [0.29, 0.717) is 17.3 Å². The number of ether oxygens (including phenoxy) is 2. The average Bonchev–Trinajstić information content (AvgIpc) is 3.15. The van der Waals surface area contributed by atoms with Crippen molar-refractivity contribution in [3.8, 4) is 22.1 Å². The molecule has 0 fully saturated rings. The number of aromatic nitrogens is 2. The summed E-state index contributed by atoms with van der Waals surface area (Å²) in [5, 5.41) is 12.1. The molecule has 0 saturated carbocycles. The molecule has 134 valence electrons. The lowest BCUT2D eigenvalue weighted by Crippen LogP contribution is -2.32. The molecule has 1 heterocycles. The largest absolute Gasteiger partial charge is 0.497 e. The lowest BCUT2D eigenvalue weighted by atomic mass is 10.2. The van der Waals surface area contributed by atoms with Crippen molar-refractivity contribution in [2.75, 3.05) is 12.4 Å². The molecule has 0 aliphatic rings. The number of anilines is 1. The van der Waals surface area contributed by atoms with E-state index in [1.165, 1.54) is 11.3 Å². The molecule has 1 aromatic heterocycles. The molecular weight excluding hydrogens is 350 g/mol. The number of nitrogens with zero attached hydrogens (tertiary/aromatic N) is 2. The molecule has 26 heavy (non-hydrogen) atoms. The van der Waals surface area contributed by atoms with Gasteiger partial charge in [0.15, 0.2) is 6.10 Å². The van der Waals surface area contributed by atoms with Crippen LogP contribution in [-0.2, 0) is 4.79 Å². The van der Waals surface area contributed by atoms with Crippen LogP contribution in [0.3, 0.4) is 0 Å². The van der Waals surface area contributed by atoms with Gasteiger partial charge in [0.1, 0.15) is 16.5 Å². The normalized spacial score (nSPS) is 11.6. The lowest BCUT2D eigenvalue weighted by Gasteiger charge is -2.16. The molecule has 0 radical (unpaired) electrons. The molecule has 1 N–H and O–H groups in total. The second kappa shape index (κ2) is 8.44. The summed E-state index contributed by atoms with van der Waals surface area (Å²) in [4.78, 5) is 12.5. The van der Waals surface area contributed by atoms with Gasteiger partial charge in [0.05, 0.1) is 7.11 Å². The van der Waals surface area contributed by atoms with Crippen LogP contribution in [0.25, 0.3) is 10.6 Å². The van der Waals surface area contributed by atoms with E-state index < -0.39 is 6.10 Å². The first-order valence-corrected chi connectivity index (χ1v) is 9.01. The zero-order valence-electron chi connectivity index (χ0n) is 14.5. The third kappa shape index (κ3) is 4.37. The Morgan fingerprint density at radius 1 is 1.08 bits per heavy atom. The molecule has 3 aromatic rings. The first kappa shape index (κ1) is 17.9. The summed E-state index contributed by atoms with van der Waals surface area (Å²) in [7, 11) is 1.62. The van der Waals surface area contributed by atoms with Crippen molar-refractivity contribution in [3.63, 3.8) is 0 Å². The van der Waals surface area contributed by atoms with E-state index in [0.717, 1.165) is 16.3 Å². The van der Waals surface area contributed by atoms with Crippen molar-refractivity contribution in [3.05, 3.63) is 54.6 Å². The second-order valence-corrected chi connectivity index (χ2v) is 6.44. The molecule has 0 aliphatic carbocycles. The summed E-state index contributed by atoms with van der Waals surface area (Å²) in [6, 6.07) is 16.8. The number of hydrogen-bond acceptors (Lipinski definition) is 6. The number of methoxy groups -OCH3 is 1. The van der Waals surface area contributed by atoms with E-state index in [4.69, 9.17) is 9.47 Å². The Labute approximate surface area is 155 Å². The topological polar surface area (TPSA) is 73.3 Å². The summed E-state index contributed by atoms with van der Waals surface area (Å²) >= 11 is 1.31. The van der Waals surface area contributed by atoms with E-state index >= 15 is 0 Å². The fourth-order valence-electron chi connectivity index (χ4n) is 2.30. The van der Waals surface area contributed by atoms with Crippen LogP contribution in [0.5, 0.6) is 11.5 Å². The van der Waals surface area contributed by atoms with Gasteiger partial charge in [-0.2, -0.15) is 0 Å². The van der Waals surface area contributed by atoms with Gasteiger partial charge in [0.2, 0.25) is 5.13 Å². The number of carbonyl (C=O) groups excluding carboxylic acids is 1. The van der Waals surface area contributed by atoms with Gasteiger partial charge in [-0.3, -0.25) is 10.1 Å². The number of hydrogen-bond donors (Lipinski definition) is 1. The van der Waals surface area contributed by atoms with Gasteiger partial charge in [0, 0.05) is 5.56 Å². The van der Waals surface area contributed by atoms with Crippen molar-refractivity contribution < 1.29 is 14.3 Å². The van der Waals surface area contributed by atoms with E-state index in [-0.39, 0.29) is 5.91 Å². The average molecular weight is 369 g/mol. The van der Waals surface area contributed by atoms with Gasteiger partial charge in [-0.1, -0.05) is 36.5 Å². The zero-order chi connectivity index (χ0) is 18.4. The van der Waals surface area contributed by atoms with Crippen LogP contribution in [0.1, 0.15) is 13.3 Å². The van der Waals surface area contributed by atoms with Crippen LogP contribution in [0.15, 0.2) is 54.6 Å². The zero-order valence-corrected chi connectivity index (χ0v) is 15.3. The fraction of sp³-hybridized carbons (Fsp3) is 0.211. The van der Waals surface area contributed by atoms with Crippen molar-refractivity contribution in [1.29, 1.82) is 0 Å². The Kier molecular flexibility index (Phi) is 5.80. The molecule has 0 unspecified atom stereocenters. The summed E-state index contributed by atoms with van der Waals surface area (Å²) in [5.41, 5.74) is 0.913. The van der Waals surface area contributed by atoms with Crippen LogP contribution in [0.2, 0.25) is 0 Å². The Bertz CT molecular complexity index is 850. The monoisotopic (exact) mass is 369 g/mol. The summed E-state index contributed by atoms with van der Waals surface area (Å²) in [5.74, 6) is 1.19. The van der Waals surface area contributed by atoms with Crippen LogP contribution < -0.4 is 14.8 Å². The van der Waals surface area contributed by atoms with Crippen molar-refractivity contribution in [2.24, 2.45) is 0 Å². The van der Waals surface area contributed by atoms with E-state index in [1.54, 1.807) is 7.11 Å². The maximum atomic E-state index is 12.5. The number of amides is 1. The molecule has 0 saturated heterocycles. The van der Waals surface area contributed by atoms with Crippen molar-refractivity contribution in [1.82, 2.24) is 10.2 Å². The van der Waals surface area contributed by atoms with Gasteiger partial charge in [-0.25, -0.2) is 0 Å². The van der Waals surface area contributed by atoms with Crippen LogP contribution in [-0.4, -0.2) is 29.3 Å². The smallest absolute Gasteiger partial charge is 0.267 e. The van der Waals surface area contributed by atoms with Gasteiger partial charge < -0.3 is 9.47 Å². The molecule has 2 aromatic carbocycles. The number of nitrogens with one attached hydrogen (secondary N) is 1. The third-order valence-corrected chi connectivity index (χ3v) is 4.56. The van der Waals surface area contributed by atoms with Gasteiger partial charge in [-0.15, -0.1) is 10.2 Å². The summed E-state index contributed by atoms with van der Waals surface area (Å²) < 4.78 is 10.9. The van der Waals surface area contributed by atoms with Crippen molar-refractivity contribution in [2.45, 2.75) is 19.4 Å². The molecule has 0 aliphatic heterocycles. The Morgan fingerprint density at radius 3 is 2.46 bits per heavy atom. The summed E-state index contributed by atoms with van der Waals surface area (Å²) in [6.07, 6.45) is -0.0454. The highest BCUT2D eigenvalue weighted by Gasteiger charge is 2.20. The Balaban J connectivity index is 1.66. The number of carbonyl (C=O) groups is 1. The number of para-hydroxylation sites is 1. The van der Waals surface area contributed by atoms with E-state index in [2.05, 4.69) is 15.5 Å². The Hall–Kier alpha value is -2.93. The third-order valence-electron chi connectivity index (χ3n) is 3.68. The standard InChI is InChI=1S/C19H19N3O3S/c1-3-16(25-15-7-5-4-6-8-15)17(23)20-19-22-21-18(26-19)13-9-11-14(24-2)12-10-13/h4-12,16H,3H2,1-2H3,(H,20,22,23)/t16-/m0/s1. The predicted octanol–water partition coefficient (Wildman–Crippen LogP) is 4.01. The highest BCUT2D eigenvalue weighted by atomic mass is 32.1. The van der Waals surface area contributed by atoms with Crippen LogP contribution in [0, 0.1) is 0 Å². The molecular formula is C19H19N3O3S. The highest BCUT2D eigenvalue weighted by molar-refractivity contribution is 7.18. The molecule has 0 bridgehead atoms. The van der Waals surface area contributed by atoms with Gasteiger partial charge >= 0.3 is 0 Å². The summed E-state index contributed by atoms with van der Waals surface area (Å²) in [6.45, 7) is 1.90. The molecule has 0 spiro atoms. The minimum atomic E-state index is -0.592. The van der Waals surface area contributed by atoms with E-state index in [1.807, 2.05) is 61.5 Å². The Morgan fingerprint density at radius 2 is 1.81 bits per heavy atom. The first-order chi connectivity index (χ1) is 12.7. The molecule has 3 rings (SSSR count). The van der Waals surface area contributed by atoms with E-state index in [9.17, 15) is 4.79 Å². The maximum absolute atomic E-state index is 12.5. The molecule has 1 amide bonds. The number of benzene rings is 2. The minimum Gasteiger partial charge on any atom is -0.497 e.